The molecular formula is C15H19N3O2. The van der Waals surface area contributed by atoms with Crippen LogP contribution in [0.4, 0.5) is 0 Å². The van der Waals surface area contributed by atoms with Crippen molar-refractivity contribution in [2.75, 3.05) is 0 Å². The molecule has 5 nitrogen and oxygen atoms in total. The molecule has 0 amide bonds. The largest absolute Gasteiger partial charge is 0.507 e. The summed E-state index contributed by atoms with van der Waals surface area (Å²) in [7, 11) is 1.67. The van der Waals surface area contributed by atoms with Crippen LogP contribution in [-0.2, 0) is 7.05 Å². The Morgan fingerprint density at radius 2 is 1.50 bits per heavy atom. The van der Waals surface area contributed by atoms with Crippen molar-refractivity contribution in [3.63, 3.8) is 0 Å². The molecular weight excluding hydrogens is 254 g/mol. The SMILES string of the molecule is Cc1c(C)c(O)c(C)c(-c2nnc(C)n(C)c2=O)c1C. The predicted octanol–water partition coefficient (Wildman–Crippen LogP) is 2.09. The smallest absolute Gasteiger partial charge is 0.280 e. The number of aromatic hydroxyl groups is 1. The summed E-state index contributed by atoms with van der Waals surface area (Å²) in [6.45, 7) is 9.26. The monoisotopic (exact) mass is 273 g/mol. The topological polar surface area (TPSA) is 68.0 Å². The number of hydrogen-bond donors (Lipinski definition) is 1. The average molecular weight is 273 g/mol. The Hall–Kier alpha value is -2.17. The van der Waals surface area contributed by atoms with E-state index in [1.807, 2.05) is 20.8 Å². The molecule has 2 rings (SSSR count). The number of nitrogens with zero attached hydrogens (tertiary/aromatic N) is 3. The van der Waals surface area contributed by atoms with Gasteiger partial charge in [0.15, 0.2) is 5.69 Å². The minimum atomic E-state index is -0.202. The van der Waals surface area contributed by atoms with Gasteiger partial charge in [-0.05, 0) is 51.3 Å². The summed E-state index contributed by atoms with van der Waals surface area (Å²) < 4.78 is 1.47. The van der Waals surface area contributed by atoms with Crippen molar-refractivity contribution >= 4 is 0 Å². The zero-order chi connectivity index (χ0) is 15.2. The molecule has 5 heteroatoms. The van der Waals surface area contributed by atoms with E-state index < -0.39 is 0 Å². The molecule has 106 valence electrons. The summed E-state index contributed by atoms with van der Waals surface area (Å²) in [5.74, 6) is 0.773. The number of aromatic nitrogens is 3. The second-order valence-electron chi connectivity index (χ2n) is 5.18. The molecule has 1 aromatic carbocycles. The Balaban J connectivity index is 2.91. The molecule has 0 spiro atoms. The standard InChI is InChI=1S/C15H19N3O2/c1-7-8(2)12(10(4)14(19)9(7)3)13-15(20)18(6)11(5)16-17-13/h19H,1-6H3. The molecule has 0 aliphatic carbocycles. The summed E-state index contributed by atoms with van der Waals surface area (Å²) >= 11 is 0. The van der Waals surface area contributed by atoms with E-state index in [0.29, 0.717) is 17.0 Å². The molecule has 2 aromatic rings. The Morgan fingerprint density at radius 3 is 2.10 bits per heavy atom. The summed E-state index contributed by atoms with van der Waals surface area (Å²) in [6, 6.07) is 0. The zero-order valence-corrected chi connectivity index (χ0v) is 12.7. The predicted molar refractivity (Wildman–Crippen MR) is 78.1 cm³/mol. The van der Waals surface area contributed by atoms with Gasteiger partial charge >= 0.3 is 0 Å². The van der Waals surface area contributed by atoms with Crippen LogP contribution in [-0.4, -0.2) is 19.9 Å². The van der Waals surface area contributed by atoms with Crippen LogP contribution in [0.15, 0.2) is 4.79 Å². The molecule has 0 radical (unpaired) electrons. The van der Waals surface area contributed by atoms with E-state index in [1.165, 1.54) is 4.57 Å². The van der Waals surface area contributed by atoms with Gasteiger partial charge in [0, 0.05) is 18.2 Å². The number of hydrogen-bond acceptors (Lipinski definition) is 4. The van der Waals surface area contributed by atoms with E-state index in [0.717, 1.165) is 16.7 Å². The van der Waals surface area contributed by atoms with Crippen molar-refractivity contribution in [2.24, 2.45) is 7.05 Å². The maximum atomic E-state index is 12.4. The van der Waals surface area contributed by atoms with Crippen LogP contribution in [0.5, 0.6) is 5.75 Å². The van der Waals surface area contributed by atoms with E-state index in [4.69, 9.17) is 0 Å². The average Bonchev–Trinajstić information content (AvgIpc) is 2.43. The summed E-state index contributed by atoms with van der Waals surface area (Å²) in [6.07, 6.45) is 0. The fourth-order valence-electron chi connectivity index (χ4n) is 2.38. The lowest BCUT2D eigenvalue weighted by atomic mass is 9.91. The number of phenols is 1. The van der Waals surface area contributed by atoms with Crippen molar-refractivity contribution in [1.82, 2.24) is 14.8 Å². The third kappa shape index (κ3) is 1.90. The van der Waals surface area contributed by atoms with Gasteiger partial charge in [-0.2, -0.15) is 0 Å². The third-order valence-electron chi connectivity index (χ3n) is 4.11. The highest BCUT2D eigenvalue weighted by molar-refractivity contribution is 5.73. The molecule has 0 unspecified atom stereocenters. The minimum Gasteiger partial charge on any atom is -0.507 e. The highest BCUT2D eigenvalue weighted by Crippen LogP contribution is 2.35. The second-order valence-corrected chi connectivity index (χ2v) is 5.18. The molecule has 1 aromatic heterocycles. The Kier molecular flexibility index (Phi) is 3.38. The van der Waals surface area contributed by atoms with Gasteiger partial charge in [-0.1, -0.05) is 0 Å². The second kappa shape index (κ2) is 4.74. The van der Waals surface area contributed by atoms with E-state index in [9.17, 15) is 9.90 Å². The van der Waals surface area contributed by atoms with Crippen LogP contribution in [0.3, 0.4) is 0 Å². The Labute approximate surface area is 117 Å². The molecule has 0 fully saturated rings. The molecule has 0 saturated carbocycles. The normalized spacial score (nSPS) is 10.9. The Bertz CT molecular complexity index is 732. The van der Waals surface area contributed by atoms with Crippen LogP contribution in [0.1, 0.15) is 28.1 Å². The van der Waals surface area contributed by atoms with E-state index in [1.54, 1.807) is 20.9 Å². The van der Waals surface area contributed by atoms with E-state index in [2.05, 4.69) is 10.2 Å². The fraction of sp³-hybridized carbons (Fsp3) is 0.400. The molecule has 0 saturated heterocycles. The van der Waals surface area contributed by atoms with Crippen LogP contribution in [0, 0.1) is 34.6 Å². The van der Waals surface area contributed by atoms with Crippen LogP contribution in [0.2, 0.25) is 0 Å². The summed E-state index contributed by atoms with van der Waals surface area (Å²) in [5.41, 5.74) is 4.18. The maximum absolute atomic E-state index is 12.4. The van der Waals surface area contributed by atoms with Crippen LogP contribution in [0.25, 0.3) is 11.3 Å². The lowest BCUT2D eigenvalue weighted by molar-refractivity contribution is 0.466. The first-order valence-electron chi connectivity index (χ1n) is 6.47. The number of rotatable bonds is 1. The lowest BCUT2D eigenvalue weighted by Gasteiger charge is -2.16. The summed E-state index contributed by atoms with van der Waals surface area (Å²) in [4.78, 5) is 12.4. The Morgan fingerprint density at radius 1 is 0.900 bits per heavy atom. The van der Waals surface area contributed by atoms with E-state index >= 15 is 0 Å². The fourth-order valence-corrected chi connectivity index (χ4v) is 2.38. The molecule has 1 N–H and O–H groups in total. The van der Waals surface area contributed by atoms with Crippen molar-refractivity contribution in [1.29, 1.82) is 0 Å². The van der Waals surface area contributed by atoms with Crippen molar-refractivity contribution < 1.29 is 5.11 Å². The van der Waals surface area contributed by atoms with Gasteiger partial charge in [0.1, 0.15) is 11.6 Å². The van der Waals surface area contributed by atoms with Crippen molar-refractivity contribution in [3.8, 4) is 17.0 Å². The number of phenolic OH excluding ortho intramolecular Hbond substituents is 1. The van der Waals surface area contributed by atoms with Gasteiger partial charge < -0.3 is 5.11 Å². The third-order valence-corrected chi connectivity index (χ3v) is 4.11. The quantitative estimate of drug-likeness (QED) is 0.864. The van der Waals surface area contributed by atoms with Crippen LogP contribution < -0.4 is 5.56 Å². The number of aryl methyl sites for hydroxylation is 1. The van der Waals surface area contributed by atoms with Gasteiger partial charge in [0.2, 0.25) is 0 Å². The van der Waals surface area contributed by atoms with Gasteiger partial charge in [-0.25, -0.2) is 0 Å². The first-order valence-corrected chi connectivity index (χ1v) is 6.47. The lowest BCUT2D eigenvalue weighted by Crippen LogP contribution is -2.24. The maximum Gasteiger partial charge on any atom is 0.280 e. The zero-order valence-electron chi connectivity index (χ0n) is 12.7. The van der Waals surface area contributed by atoms with Gasteiger partial charge in [0.25, 0.3) is 5.56 Å². The van der Waals surface area contributed by atoms with E-state index in [-0.39, 0.29) is 17.0 Å². The van der Waals surface area contributed by atoms with Crippen molar-refractivity contribution in [3.05, 3.63) is 38.4 Å². The van der Waals surface area contributed by atoms with Gasteiger partial charge in [-0.15, -0.1) is 10.2 Å². The van der Waals surface area contributed by atoms with Crippen molar-refractivity contribution in [2.45, 2.75) is 34.6 Å². The minimum absolute atomic E-state index is 0.202. The molecule has 0 atom stereocenters. The highest BCUT2D eigenvalue weighted by Gasteiger charge is 2.20. The van der Waals surface area contributed by atoms with Gasteiger partial charge in [0.05, 0.1) is 0 Å². The molecule has 0 aliphatic heterocycles. The van der Waals surface area contributed by atoms with Crippen LogP contribution >= 0.6 is 0 Å². The molecule has 0 aliphatic rings. The number of benzene rings is 1. The molecule has 20 heavy (non-hydrogen) atoms. The molecule has 1 heterocycles. The highest BCUT2D eigenvalue weighted by atomic mass is 16.3. The first-order chi connectivity index (χ1) is 9.27. The molecule has 0 bridgehead atoms. The first kappa shape index (κ1) is 14.2. The summed E-state index contributed by atoms with van der Waals surface area (Å²) in [5, 5.41) is 18.3. The van der Waals surface area contributed by atoms with Gasteiger partial charge in [-0.3, -0.25) is 9.36 Å².